The van der Waals surface area contributed by atoms with Gasteiger partial charge in [-0.15, -0.1) is 0 Å². The fourth-order valence-electron chi connectivity index (χ4n) is 2.93. The molecule has 1 aromatic rings. The standard InChI is InChI=1S/C16H31N3/c1-7-14-10-15(19(6)18-14)9-13(17)8-12(2)11-16(3,4)5/h10,12-13H,7-9,11,17H2,1-6H3. The van der Waals surface area contributed by atoms with Crippen molar-refractivity contribution in [1.82, 2.24) is 9.78 Å². The van der Waals surface area contributed by atoms with Crippen molar-refractivity contribution in [3.63, 3.8) is 0 Å². The highest BCUT2D eigenvalue weighted by Gasteiger charge is 2.18. The van der Waals surface area contributed by atoms with Crippen LogP contribution in [0.15, 0.2) is 6.07 Å². The Morgan fingerprint density at radius 2 is 2.00 bits per heavy atom. The zero-order valence-electron chi connectivity index (χ0n) is 13.5. The van der Waals surface area contributed by atoms with Gasteiger partial charge in [-0.2, -0.15) is 5.10 Å². The zero-order valence-corrected chi connectivity index (χ0v) is 13.5. The molecule has 2 atom stereocenters. The van der Waals surface area contributed by atoms with Crippen LogP contribution in [0.4, 0.5) is 0 Å². The number of nitrogens with two attached hydrogens (primary N) is 1. The molecule has 0 radical (unpaired) electrons. The monoisotopic (exact) mass is 265 g/mol. The zero-order chi connectivity index (χ0) is 14.6. The normalized spacial score (nSPS) is 15.5. The second-order valence-corrected chi connectivity index (χ2v) is 7.17. The summed E-state index contributed by atoms with van der Waals surface area (Å²) in [5, 5.41) is 4.48. The molecule has 0 fully saturated rings. The summed E-state index contributed by atoms with van der Waals surface area (Å²) in [7, 11) is 2.01. The lowest BCUT2D eigenvalue weighted by Crippen LogP contribution is -2.27. The van der Waals surface area contributed by atoms with Crippen molar-refractivity contribution < 1.29 is 0 Å². The average Bonchev–Trinajstić information content (AvgIpc) is 2.56. The highest BCUT2D eigenvalue weighted by molar-refractivity contribution is 5.11. The van der Waals surface area contributed by atoms with Gasteiger partial charge in [0.1, 0.15) is 0 Å². The molecule has 1 rings (SSSR count). The third-order valence-electron chi connectivity index (χ3n) is 3.53. The van der Waals surface area contributed by atoms with Gasteiger partial charge in [-0.05, 0) is 36.7 Å². The van der Waals surface area contributed by atoms with Crippen LogP contribution in [0.2, 0.25) is 0 Å². The third kappa shape index (κ3) is 5.77. The second-order valence-electron chi connectivity index (χ2n) is 7.17. The molecule has 0 aliphatic carbocycles. The SMILES string of the molecule is CCc1cc(CC(N)CC(C)CC(C)(C)C)n(C)n1. The summed E-state index contributed by atoms with van der Waals surface area (Å²) in [6.07, 6.45) is 4.23. The molecule has 0 aromatic carbocycles. The van der Waals surface area contributed by atoms with Gasteiger partial charge < -0.3 is 5.73 Å². The van der Waals surface area contributed by atoms with E-state index in [4.69, 9.17) is 5.73 Å². The largest absolute Gasteiger partial charge is 0.327 e. The molecule has 19 heavy (non-hydrogen) atoms. The van der Waals surface area contributed by atoms with Crippen molar-refractivity contribution in [2.24, 2.45) is 24.1 Å². The van der Waals surface area contributed by atoms with Crippen LogP contribution in [0.3, 0.4) is 0 Å². The van der Waals surface area contributed by atoms with E-state index in [-0.39, 0.29) is 6.04 Å². The van der Waals surface area contributed by atoms with Crippen LogP contribution in [0.5, 0.6) is 0 Å². The lowest BCUT2D eigenvalue weighted by Gasteiger charge is -2.25. The average molecular weight is 265 g/mol. The first-order valence-corrected chi connectivity index (χ1v) is 7.48. The van der Waals surface area contributed by atoms with Crippen molar-refractivity contribution in [1.29, 1.82) is 0 Å². The van der Waals surface area contributed by atoms with E-state index in [1.165, 1.54) is 12.1 Å². The maximum Gasteiger partial charge on any atom is 0.0624 e. The Morgan fingerprint density at radius 1 is 1.37 bits per heavy atom. The van der Waals surface area contributed by atoms with E-state index in [0.717, 1.165) is 25.0 Å². The first-order chi connectivity index (χ1) is 8.71. The van der Waals surface area contributed by atoms with Crippen molar-refractivity contribution in [3.05, 3.63) is 17.5 Å². The molecule has 0 aliphatic rings. The number of hydrogen-bond acceptors (Lipinski definition) is 2. The number of nitrogens with zero attached hydrogens (tertiary/aromatic N) is 2. The number of rotatable bonds is 6. The molecule has 0 saturated carbocycles. The minimum Gasteiger partial charge on any atom is -0.327 e. The van der Waals surface area contributed by atoms with Gasteiger partial charge in [0.15, 0.2) is 0 Å². The molecule has 1 aromatic heterocycles. The molecule has 3 nitrogen and oxygen atoms in total. The molecule has 0 bridgehead atoms. The van der Waals surface area contributed by atoms with Crippen LogP contribution in [0.25, 0.3) is 0 Å². The first kappa shape index (κ1) is 16.2. The van der Waals surface area contributed by atoms with Gasteiger partial charge in [0.25, 0.3) is 0 Å². The molecule has 1 heterocycles. The second kappa shape index (κ2) is 6.56. The maximum atomic E-state index is 6.30. The number of aromatic nitrogens is 2. The predicted molar refractivity (Wildman–Crippen MR) is 82.1 cm³/mol. The molecule has 2 N–H and O–H groups in total. The van der Waals surface area contributed by atoms with Crippen molar-refractivity contribution in [2.45, 2.75) is 66.3 Å². The van der Waals surface area contributed by atoms with Gasteiger partial charge in [-0.3, -0.25) is 4.68 Å². The van der Waals surface area contributed by atoms with Crippen LogP contribution in [0, 0.1) is 11.3 Å². The topological polar surface area (TPSA) is 43.8 Å². The third-order valence-corrected chi connectivity index (χ3v) is 3.53. The minimum absolute atomic E-state index is 0.234. The van der Waals surface area contributed by atoms with Gasteiger partial charge >= 0.3 is 0 Å². The lowest BCUT2D eigenvalue weighted by atomic mass is 9.82. The molecule has 0 saturated heterocycles. The van der Waals surface area contributed by atoms with Gasteiger partial charge in [-0.1, -0.05) is 34.6 Å². The molecule has 2 unspecified atom stereocenters. The van der Waals surface area contributed by atoms with Gasteiger partial charge in [0.2, 0.25) is 0 Å². The first-order valence-electron chi connectivity index (χ1n) is 7.48. The highest BCUT2D eigenvalue weighted by atomic mass is 15.3. The fourth-order valence-corrected chi connectivity index (χ4v) is 2.93. The molecular formula is C16H31N3. The number of hydrogen-bond donors (Lipinski definition) is 1. The van der Waals surface area contributed by atoms with Crippen LogP contribution < -0.4 is 5.73 Å². The van der Waals surface area contributed by atoms with E-state index in [9.17, 15) is 0 Å². The van der Waals surface area contributed by atoms with E-state index >= 15 is 0 Å². The van der Waals surface area contributed by atoms with E-state index in [1.54, 1.807) is 0 Å². The molecular weight excluding hydrogens is 234 g/mol. The summed E-state index contributed by atoms with van der Waals surface area (Å²) in [6.45, 7) is 11.3. The van der Waals surface area contributed by atoms with Crippen LogP contribution >= 0.6 is 0 Å². The Morgan fingerprint density at radius 3 is 2.47 bits per heavy atom. The van der Waals surface area contributed by atoms with Crippen LogP contribution in [0.1, 0.15) is 58.8 Å². The summed E-state index contributed by atoms with van der Waals surface area (Å²) in [5.74, 6) is 0.675. The Balaban J connectivity index is 2.50. The molecule has 110 valence electrons. The predicted octanol–water partition coefficient (Wildman–Crippen LogP) is 3.31. The van der Waals surface area contributed by atoms with Gasteiger partial charge in [0.05, 0.1) is 5.69 Å². The Kier molecular flexibility index (Phi) is 5.60. The van der Waals surface area contributed by atoms with E-state index in [2.05, 4.69) is 45.8 Å². The van der Waals surface area contributed by atoms with Gasteiger partial charge in [0, 0.05) is 25.2 Å². The van der Waals surface area contributed by atoms with Crippen molar-refractivity contribution >= 4 is 0 Å². The highest BCUT2D eigenvalue weighted by Crippen LogP contribution is 2.26. The fraction of sp³-hybridized carbons (Fsp3) is 0.812. The van der Waals surface area contributed by atoms with Crippen molar-refractivity contribution in [3.8, 4) is 0 Å². The van der Waals surface area contributed by atoms with E-state index in [1.807, 2.05) is 11.7 Å². The summed E-state index contributed by atoms with van der Waals surface area (Å²) >= 11 is 0. The molecule has 0 amide bonds. The van der Waals surface area contributed by atoms with E-state index in [0.29, 0.717) is 11.3 Å². The summed E-state index contributed by atoms with van der Waals surface area (Å²) < 4.78 is 1.98. The lowest BCUT2D eigenvalue weighted by molar-refractivity contribution is 0.284. The Bertz CT molecular complexity index is 387. The smallest absolute Gasteiger partial charge is 0.0624 e. The summed E-state index contributed by atoms with van der Waals surface area (Å²) in [6, 6.07) is 2.42. The molecule has 3 heteroatoms. The maximum absolute atomic E-state index is 6.30. The van der Waals surface area contributed by atoms with E-state index < -0.39 is 0 Å². The molecule has 0 aliphatic heterocycles. The summed E-state index contributed by atoms with van der Waals surface area (Å²) in [4.78, 5) is 0. The number of aryl methyl sites for hydroxylation is 2. The Hall–Kier alpha value is -0.830. The summed E-state index contributed by atoms with van der Waals surface area (Å²) in [5.41, 5.74) is 9.11. The molecule has 0 spiro atoms. The quantitative estimate of drug-likeness (QED) is 0.857. The van der Waals surface area contributed by atoms with Gasteiger partial charge in [-0.25, -0.2) is 0 Å². The van der Waals surface area contributed by atoms with Crippen LogP contribution in [-0.2, 0) is 19.9 Å². The van der Waals surface area contributed by atoms with Crippen LogP contribution in [-0.4, -0.2) is 15.8 Å². The minimum atomic E-state index is 0.234. The Labute approximate surface area is 118 Å². The van der Waals surface area contributed by atoms with Crippen molar-refractivity contribution in [2.75, 3.05) is 0 Å².